The van der Waals surface area contributed by atoms with Gasteiger partial charge in [0, 0.05) is 12.5 Å². The summed E-state index contributed by atoms with van der Waals surface area (Å²) in [6.07, 6.45) is 0. The molecule has 0 saturated heterocycles. The zero-order chi connectivity index (χ0) is 14.6. The molecule has 1 unspecified atom stereocenters. The Bertz CT molecular complexity index is 713. The lowest BCUT2D eigenvalue weighted by atomic mass is 10.1. The highest BCUT2D eigenvalue weighted by Gasteiger charge is 2.16. The summed E-state index contributed by atoms with van der Waals surface area (Å²) in [7, 11) is -3.34. The predicted octanol–water partition coefficient (Wildman–Crippen LogP) is 3.64. The fourth-order valence-electron chi connectivity index (χ4n) is 1.91. The predicted molar refractivity (Wildman–Crippen MR) is 78.8 cm³/mol. The SMILES string of the molecule is [C-]#[N+]C(C)c1ccc(S(=O)(=O)Cc2ccccc2)cc1. The van der Waals surface area contributed by atoms with Gasteiger partial charge in [-0.15, -0.1) is 0 Å². The minimum Gasteiger partial charge on any atom is -0.309 e. The van der Waals surface area contributed by atoms with Crippen LogP contribution in [0.5, 0.6) is 0 Å². The van der Waals surface area contributed by atoms with E-state index in [0.29, 0.717) is 4.90 Å². The van der Waals surface area contributed by atoms with Gasteiger partial charge in [-0.2, -0.15) is 0 Å². The van der Waals surface area contributed by atoms with Gasteiger partial charge in [0.1, 0.15) is 0 Å². The van der Waals surface area contributed by atoms with Gasteiger partial charge in [-0.05, 0) is 17.7 Å². The van der Waals surface area contributed by atoms with Crippen LogP contribution in [0.3, 0.4) is 0 Å². The number of nitrogens with zero attached hydrogens (tertiary/aromatic N) is 1. The Morgan fingerprint density at radius 2 is 1.65 bits per heavy atom. The van der Waals surface area contributed by atoms with Crippen LogP contribution in [0.2, 0.25) is 0 Å². The average Bonchev–Trinajstić information content (AvgIpc) is 2.47. The second kappa shape index (κ2) is 5.89. The van der Waals surface area contributed by atoms with Crippen molar-refractivity contribution >= 4 is 9.84 Å². The minimum absolute atomic E-state index is 0.00837. The summed E-state index contributed by atoms with van der Waals surface area (Å²) >= 11 is 0. The molecule has 0 aliphatic heterocycles. The quantitative estimate of drug-likeness (QED) is 0.804. The van der Waals surface area contributed by atoms with Crippen LogP contribution in [0.1, 0.15) is 24.1 Å². The van der Waals surface area contributed by atoms with E-state index in [0.717, 1.165) is 11.1 Å². The zero-order valence-electron chi connectivity index (χ0n) is 11.2. The Morgan fingerprint density at radius 3 is 2.20 bits per heavy atom. The standard InChI is InChI=1S/C16H15NO2S/c1-13(17-2)15-8-10-16(11-9-15)20(18,19)12-14-6-4-3-5-7-14/h3-11,13H,12H2,1H3. The van der Waals surface area contributed by atoms with Crippen LogP contribution in [0.25, 0.3) is 4.85 Å². The molecule has 20 heavy (non-hydrogen) atoms. The van der Waals surface area contributed by atoms with Gasteiger partial charge >= 0.3 is 0 Å². The third-order valence-corrected chi connectivity index (χ3v) is 4.82. The van der Waals surface area contributed by atoms with Crippen LogP contribution in [-0.4, -0.2) is 8.42 Å². The molecule has 0 spiro atoms. The van der Waals surface area contributed by atoms with Gasteiger partial charge in [0.2, 0.25) is 6.04 Å². The average molecular weight is 285 g/mol. The number of hydrogen-bond donors (Lipinski definition) is 0. The first-order valence-corrected chi connectivity index (χ1v) is 7.91. The Morgan fingerprint density at radius 1 is 1.05 bits per heavy atom. The lowest BCUT2D eigenvalue weighted by molar-refractivity contribution is 0.595. The summed E-state index contributed by atoms with van der Waals surface area (Å²) in [5.74, 6) is -0.00837. The molecule has 0 aliphatic rings. The number of hydrogen-bond acceptors (Lipinski definition) is 2. The minimum atomic E-state index is -3.34. The Labute approximate surface area is 119 Å². The molecule has 0 fully saturated rings. The molecule has 2 rings (SSSR count). The van der Waals surface area contributed by atoms with Crippen molar-refractivity contribution in [3.63, 3.8) is 0 Å². The molecule has 3 nitrogen and oxygen atoms in total. The van der Waals surface area contributed by atoms with Crippen molar-refractivity contribution in [2.45, 2.75) is 23.6 Å². The summed E-state index contributed by atoms with van der Waals surface area (Å²) < 4.78 is 24.6. The van der Waals surface area contributed by atoms with Gasteiger partial charge in [-0.25, -0.2) is 15.0 Å². The number of rotatable bonds is 4. The van der Waals surface area contributed by atoms with Gasteiger partial charge in [-0.3, -0.25) is 0 Å². The number of benzene rings is 2. The van der Waals surface area contributed by atoms with E-state index in [2.05, 4.69) is 4.85 Å². The first-order chi connectivity index (χ1) is 9.53. The molecule has 2 aromatic rings. The van der Waals surface area contributed by atoms with Crippen molar-refractivity contribution in [3.8, 4) is 0 Å². The van der Waals surface area contributed by atoms with Gasteiger partial charge in [0.25, 0.3) is 0 Å². The Kier molecular flexibility index (Phi) is 4.21. The van der Waals surface area contributed by atoms with Crippen molar-refractivity contribution in [2.24, 2.45) is 0 Å². The fourth-order valence-corrected chi connectivity index (χ4v) is 3.25. The highest BCUT2D eigenvalue weighted by molar-refractivity contribution is 7.90. The van der Waals surface area contributed by atoms with E-state index in [1.807, 2.05) is 18.2 Å². The van der Waals surface area contributed by atoms with E-state index >= 15 is 0 Å². The maximum absolute atomic E-state index is 12.3. The van der Waals surface area contributed by atoms with Crippen molar-refractivity contribution in [1.29, 1.82) is 0 Å². The first-order valence-electron chi connectivity index (χ1n) is 6.26. The molecule has 4 heteroatoms. The Hall–Kier alpha value is -2.12. The topological polar surface area (TPSA) is 38.5 Å². The van der Waals surface area contributed by atoms with Crippen molar-refractivity contribution in [1.82, 2.24) is 0 Å². The number of sulfone groups is 1. The summed E-state index contributed by atoms with van der Waals surface area (Å²) in [6.45, 7) is 8.77. The molecule has 1 atom stereocenters. The van der Waals surface area contributed by atoms with Crippen molar-refractivity contribution < 1.29 is 8.42 Å². The molecule has 0 amide bonds. The fraction of sp³-hybridized carbons (Fsp3) is 0.188. The molecule has 0 radical (unpaired) electrons. The van der Waals surface area contributed by atoms with Crippen LogP contribution >= 0.6 is 0 Å². The normalized spacial score (nSPS) is 12.6. The lowest BCUT2D eigenvalue weighted by Crippen LogP contribution is -2.05. The second-order valence-electron chi connectivity index (χ2n) is 4.62. The summed E-state index contributed by atoms with van der Waals surface area (Å²) in [4.78, 5) is 3.71. The molecule has 0 heterocycles. The van der Waals surface area contributed by atoms with E-state index in [9.17, 15) is 8.42 Å². The first kappa shape index (κ1) is 14.3. The third kappa shape index (κ3) is 3.25. The highest BCUT2D eigenvalue weighted by Crippen LogP contribution is 2.21. The van der Waals surface area contributed by atoms with Crippen molar-refractivity contribution in [2.75, 3.05) is 0 Å². The van der Waals surface area contributed by atoms with Gasteiger partial charge in [0.05, 0.1) is 10.6 Å². The largest absolute Gasteiger partial charge is 0.309 e. The maximum Gasteiger partial charge on any atom is 0.245 e. The third-order valence-electron chi connectivity index (χ3n) is 3.11. The maximum atomic E-state index is 12.3. The monoisotopic (exact) mass is 285 g/mol. The molecule has 0 aliphatic carbocycles. The van der Waals surface area contributed by atoms with Gasteiger partial charge in [0.15, 0.2) is 9.84 Å². The van der Waals surface area contributed by atoms with Crippen LogP contribution in [-0.2, 0) is 15.6 Å². The highest BCUT2D eigenvalue weighted by atomic mass is 32.2. The smallest absolute Gasteiger partial charge is 0.245 e. The van der Waals surface area contributed by atoms with Crippen LogP contribution in [0.15, 0.2) is 59.5 Å². The molecule has 0 bridgehead atoms. The van der Waals surface area contributed by atoms with Crippen molar-refractivity contribution in [3.05, 3.63) is 77.1 Å². The van der Waals surface area contributed by atoms with E-state index in [-0.39, 0.29) is 11.8 Å². The van der Waals surface area contributed by atoms with Gasteiger partial charge < -0.3 is 4.85 Å². The van der Waals surface area contributed by atoms with Gasteiger partial charge in [-0.1, -0.05) is 42.5 Å². The molecule has 0 N–H and O–H groups in total. The molecular weight excluding hydrogens is 270 g/mol. The summed E-state index contributed by atoms with van der Waals surface area (Å²) in [5, 5.41) is 0. The Balaban J connectivity index is 2.25. The summed E-state index contributed by atoms with van der Waals surface area (Å²) in [5.41, 5.74) is 1.60. The van der Waals surface area contributed by atoms with E-state index in [4.69, 9.17) is 6.57 Å². The van der Waals surface area contributed by atoms with E-state index in [1.54, 1.807) is 43.3 Å². The molecule has 0 saturated carbocycles. The van der Waals surface area contributed by atoms with Crippen LogP contribution in [0, 0.1) is 6.57 Å². The van der Waals surface area contributed by atoms with E-state index < -0.39 is 9.84 Å². The molecule has 2 aromatic carbocycles. The molecule has 102 valence electrons. The summed E-state index contributed by atoms with van der Waals surface area (Å²) in [6, 6.07) is 15.4. The van der Waals surface area contributed by atoms with E-state index in [1.165, 1.54) is 0 Å². The lowest BCUT2D eigenvalue weighted by Gasteiger charge is -2.06. The molecule has 0 aromatic heterocycles. The van der Waals surface area contributed by atoms with Crippen LogP contribution in [0.4, 0.5) is 0 Å². The molecular formula is C16H15NO2S. The van der Waals surface area contributed by atoms with Crippen LogP contribution < -0.4 is 0 Å². The zero-order valence-corrected chi connectivity index (χ0v) is 12.0. The second-order valence-corrected chi connectivity index (χ2v) is 6.61.